The Morgan fingerprint density at radius 1 is 1.55 bits per heavy atom. The quantitative estimate of drug-likeness (QED) is 0.633. The minimum atomic E-state index is -0.284. The molecular formula is C8H17NO2. The minimum absolute atomic E-state index is 0.0810. The molecule has 0 aliphatic carbocycles. The topological polar surface area (TPSA) is 38.3 Å². The number of hydrogen-bond donors (Lipinski definition) is 1. The van der Waals surface area contributed by atoms with E-state index in [1.54, 1.807) is 0 Å². The highest BCUT2D eigenvalue weighted by Crippen LogP contribution is 2.09. The van der Waals surface area contributed by atoms with Crippen LogP contribution in [0.3, 0.4) is 0 Å². The second kappa shape index (κ2) is 4.99. The van der Waals surface area contributed by atoms with Gasteiger partial charge in [-0.1, -0.05) is 27.7 Å². The Morgan fingerprint density at radius 3 is 2.27 bits per heavy atom. The Bertz CT molecular complexity index is 123. The Morgan fingerprint density at radius 2 is 2.09 bits per heavy atom. The van der Waals surface area contributed by atoms with E-state index < -0.39 is 0 Å². The van der Waals surface area contributed by atoms with E-state index in [0.29, 0.717) is 12.5 Å². The standard InChI is InChI=1S/C6H11NO2.C2H6/c1-4(2)5-3-7-6(8)9-5;1-2/h4-5H,3H2,1-2H3,(H,7,8);1-2H3. The molecule has 1 N–H and O–H groups in total. The molecule has 1 aliphatic rings. The summed E-state index contributed by atoms with van der Waals surface area (Å²) >= 11 is 0. The van der Waals surface area contributed by atoms with Crippen molar-refractivity contribution < 1.29 is 9.53 Å². The highest BCUT2D eigenvalue weighted by molar-refractivity contribution is 5.69. The van der Waals surface area contributed by atoms with Crippen molar-refractivity contribution in [2.75, 3.05) is 6.54 Å². The summed E-state index contributed by atoms with van der Waals surface area (Å²) in [6.45, 7) is 8.73. The number of carbonyl (C=O) groups is 1. The summed E-state index contributed by atoms with van der Waals surface area (Å²) < 4.78 is 4.87. The maximum atomic E-state index is 10.4. The van der Waals surface area contributed by atoms with Crippen molar-refractivity contribution in [2.45, 2.75) is 33.8 Å². The van der Waals surface area contributed by atoms with Crippen molar-refractivity contribution in [1.29, 1.82) is 0 Å². The second-order valence-corrected chi connectivity index (χ2v) is 2.57. The fraction of sp³-hybridized carbons (Fsp3) is 0.875. The zero-order valence-electron chi connectivity index (χ0n) is 7.68. The lowest BCUT2D eigenvalue weighted by Gasteiger charge is -2.09. The van der Waals surface area contributed by atoms with Crippen LogP contribution in [0.15, 0.2) is 0 Å². The molecule has 0 aromatic carbocycles. The summed E-state index contributed by atoms with van der Waals surface area (Å²) in [5.74, 6) is 0.420. The molecule has 1 atom stereocenters. The molecule has 3 heteroatoms. The van der Waals surface area contributed by atoms with Gasteiger partial charge in [-0.15, -0.1) is 0 Å². The van der Waals surface area contributed by atoms with Crippen molar-refractivity contribution in [3.05, 3.63) is 0 Å². The van der Waals surface area contributed by atoms with E-state index >= 15 is 0 Å². The summed E-state index contributed by atoms with van der Waals surface area (Å²) in [5.41, 5.74) is 0. The first-order valence-corrected chi connectivity index (χ1v) is 4.14. The van der Waals surface area contributed by atoms with Crippen LogP contribution >= 0.6 is 0 Å². The summed E-state index contributed by atoms with van der Waals surface area (Å²) in [5, 5.41) is 2.59. The lowest BCUT2D eigenvalue weighted by atomic mass is 10.1. The number of carbonyl (C=O) groups excluding carboxylic acids is 1. The van der Waals surface area contributed by atoms with Crippen molar-refractivity contribution in [2.24, 2.45) is 5.92 Å². The van der Waals surface area contributed by atoms with Gasteiger partial charge in [0.25, 0.3) is 0 Å². The van der Waals surface area contributed by atoms with Crippen LogP contribution < -0.4 is 5.32 Å². The van der Waals surface area contributed by atoms with E-state index in [-0.39, 0.29) is 12.2 Å². The molecule has 1 unspecified atom stereocenters. The first kappa shape index (κ1) is 10.3. The summed E-state index contributed by atoms with van der Waals surface area (Å²) in [6.07, 6.45) is -0.203. The molecular weight excluding hydrogens is 142 g/mol. The van der Waals surface area contributed by atoms with Crippen molar-refractivity contribution in [3.8, 4) is 0 Å². The van der Waals surface area contributed by atoms with Crippen molar-refractivity contribution >= 4 is 6.09 Å². The number of amides is 1. The zero-order chi connectivity index (χ0) is 8.85. The Balaban J connectivity index is 0.000000461. The fourth-order valence-electron chi connectivity index (χ4n) is 0.777. The van der Waals surface area contributed by atoms with Gasteiger partial charge in [0.2, 0.25) is 0 Å². The molecule has 0 saturated carbocycles. The van der Waals surface area contributed by atoms with Crippen LogP contribution in [0.4, 0.5) is 4.79 Å². The zero-order valence-corrected chi connectivity index (χ0v) is 7.68. The molecule has 1 saturated heterocycles. The molecule has 0 radical (unpaired) electrons. The number of nitrogens with one attached hydrogen (secondary N) is 1. The van der Waals surface area contributed by atoms with E-state index in [9.17, 15) is 4.79 Å². The van der Waals surface area contributed by atoms with E-state index in [2.05, 4.69) is 5.32 Å². The van der Waals surface area contributed by atoms with Crippen molar-refractivity contribution in [3.63, 3.8) is 0 Å². The van der Waals surface area contributed by atoms with Crippen molar-refractivity contribution in [1.82, 2.24) is 5.32 Å². The van der Waals surface area contributed by atoms with Crippen LogP contribution in [-0.4, -0.2) is 18.7 Å². The molecule has 1 aliphatic heterocycles. The third kappa shape index (κ3) is 3.25. The smallest absolute Gasteiger partial charge is 0.407 e. The number of rotatable bonds is 1. The second-order valence-electron chi connectivity index (χ2n) is 2.57. The molecule has 0 aromatic heterocycles. The predicted molar refractivity (Wildman–Crippen MR) is 44.5 cm³/mol. The summed E-state index contributed by atoms with van der Waals surface area (Å²) in [4.78, 5) is 10.4. The van der Waals surface area contributed by atoms with Gasteiger partial charge in [0.05, 0.1) is 6.54 Å². The van der Waals surface area contributed by atoms with Crippen LogP contribution in [-0.2, 0) is 4.74 Å². The molecule has 11 heavy (non-hydrogen) atoms. The number of hydrogen-bond acceptors (Lipinski definition) is 2. The van der Waals surface area contributed by atoms with E-state index in [0.717, 1.165) is 0 Å². The average molecular weight is 159 g/mol. The molecule has 1 rings (SSSR count). The lowest BCUT2D eigenvalue weighted by molar-refractivity contribution is 0.115. The minimum Gasteiger partial charge on any atom is -0.444 e. The molecule has 0 aromatic rings. The molecule has 1 fully saturated rings. The van der Waals surface area contributed by atoms with Crippen LogP contribution in [0.2, 0.25) is 0 Å². The van der Waals surface area contributed by atoms with Gasteiger partial charge in [-0.2, -0.15) is 0 Å². The molecule has 3 nitrogen and oxygen atoms in total. The van der Waals surface area contributed by atoms with Gasteiger partial charge >= 0.3 is 6.09 Å². The molecule has 0 bridgehead atoms. The van der Waals surface area contributed by atoms with Gasteiger partial charge in [0, 0.05) is 0 Å². The molecule has 66 valence electrons. The van der Waals surface area contributed by atoms with E-state index in [1.807, 2.05) is 27.7 Å². The monoisotopic (exact) mass is 159 g/mol. The largest absolute Gasteiger partial charge is 0.444 e. The van der Waals surface area contributed by atoms with Crippen LogP contribution in [0.5, 0.6) is 0 Å². The van der Waals surface area contributed by atoms with Gasteiger partial charge in [0.1, 0.15) is 6.10 Å². The fourth-order valence-corrected chi connectivity index (χ4v) is 0.777. The van der Waals surface area contributed by atoms with Gasteiger partial charge in [-0.25, -0.2) is 4.79 Å². The molecule has 0 spiro atoms. The van der Waals surface area contributed by atoms with Gasteiger partial charge in [-0.3, -0.25) is 0 Å². The summed E-state index contributed by atoms with van der Waals surface area (Å²) in [7, 11) is 0. The van der Waals surface area contributed by atoms with Crippen LogP contribution in [0.1, 0.15) is 27.7 Å². The Labute approximate surface area is 68.1 Å². The normalized spacial score (nSPS) is 21.9. The Hall–Kier alpha value is -0.730. The van der Waals surface area contributed by atoms with Crippen LogP contribution in [0, 0.1) is 5.92 Å². The number of ether oxygens (including phenoxy) is 1. The van der Waals surface area contributed by atoms with E-state index in [4.69, 9.17) is 4.74 Å². The van der Waals surface area contributed by atoms with Gasteiger partial charge < -0.3 is 10.1 Å². The first-order valence-electron chi connectivity index (χ1n) is 4.14. The molecule has 1 amide bonds. The van der Waals surface area contributed by atoms with Gasteiger partial charge in [-0.05, 0) is 5.92 Å². The number of alkyl carbamates (subject to hydrolysis) is 1. The highest BCUT2D eigenvalue weighted by atomic mass is 16.6. The average Bonchev–Trinajstić information content (AvgIpc) is 2.40. The first-order chi connectivity index (χ1) is 5.20. The predicted octanol–water partition coefficient (Wildman–Crippen LogP) is 1.78. The Kier molecular flexibility index (Phi) is 4.66. The van der Waals surface area contributed by atoms with Crippen LogP contribution in [0.25, 0.3) is 0 Å². The van der Waals surface area contributed by atoms with E-state index in [1.165, 1.54) is 0 Å². The SMILES string of the molecule is CC.CC(C)C1CNC(=O)O1. The van der Waals surface area contributed by atoms with Gasteiger partial charge in [0.15, 0.2) is 0 Å². The third-order valence-corrected chi connectivity index (χ3v) is 1.45. The maximum absolute atomic E-state index is 10.4. The third-order valence-electron chi connectivity index (χ3n) is 1.45. The highest BCUT2D eigenvalue weighted by Gasteiger charge is 2.24. The maximum Gasteiger partial charge on any atom is 0.407 e. The lowest BCUT2D eigenvalue weighted by Crippen LogP contribution is -2.19. The molecule has 1 heterocycles. The number of cyclic esters (lactones) is 1. The summed E-state index contributed by atoms with van der Waals surface area (Å²) in [6, 6.07) is 0.